The first-order valence-corrected chi connectivity index (χ1v) is 6.97. The number of esters is 1. The third-order valence-corrected chi connectivity index (χ3v) is 3.25. The largest absolute Gasteiger partial charge is 0.497 e. The third-order valence-electron chi connectivity index (χ3n) is 2.26. The molecule has 0 radical (unpaired) electrons. The van der Waals surface area contributed by atoms with Crippen LogP contribution in [0.2, 0.25) is 0 Å². The van der Waals surface area contributed by atoms with Crippen molar-refractivity contribution in [2.75, 3.05) is 26.5 Å². The van der Waals surface area contributed by atoms with E-state index < -0.39 is 24.5 Å². The Labute approximate surface area is 126 Å². The molecule has 0 atom stereocenters. The normalized spacial score (nSPS) is 9.62. The Bertz CT molecular complexity index is 504. The molecule has 0 heterocycles. The van der Waals surface area contributed by atoms with E-state index in [1.807, 2.05) is 17.4 Å². The Morgan fingerprint density at radius 3 is 2.43 bits per heavy atom. The smallest absolute Gasteiger partial charge is 0.321 e. The first-order chi connectivity index (χ1) is 10.0. The van der Waals surface area contributed by atoms with Gasteiger partial charge in [0.25, 0.3) is 5.91 Å². The first kappa shape index (κ1) is 16.8. The van der Waals surface area contributed by atoms with Crippen LogP contribution < -0.4 is 15.4 Å². The van der Waals surface area contributed by atoms with E-state index in [9.17, 15) is 14.4 Å². The van der Waals surface area contributed by atoms with Gasteiger partial charge in [-0.2, -0.15) is 0 Å². The number of methoxy groups -OCH3 is 1. The van der Waals surface area contributed by atoms with Crippen LogP contribution >= 0.6 is 11.8 Å². The standard InChI is InChI=1S/C13H16N2O5S/c1-14-13(18)15-11(16)7-20-12(17)8-21-10-5-3-9(19-2)4-6-10/h3-6H,7-8H2,1-2H3,(H2,14,15,16,18). The number of carbonyl (C=O) groups is 3. The molecule has 0 spiro atoms. The summed E-state index contributed by atoms with van der Waals surface area (Å²) in [4.78, 5) is 34.4. The summed E-state index contributed by atoms with van der Waals surface area (Å²) < 4.78 is 9.76. The van der Waals surface area contributed by atoms with Crippen molar-refractivity contribution in [2.45, 2.75) is 4.90 Å². The number of rotatable bonds is 6. The highest BCUT2D eigenvalue weighted by molar-refractivity contribution is 8.00. The summed E-state index contributed by atoms with van der Waals surface area (Å²) in [6.45, 7) is -0.491. The monoisotopic (exact) mass is 312 g/mol. The molecule has 2 N–H and O–H groups in total. The van der Waals surface area contributed by atoms with Gasteiger partial charge in [-0.25, -0.2) is 4.79 Å². The maximum atomic E-state index is 11.5. The van der Waals surface area contributed by atoms with Crippen LogP contribution in [0.4, 0.5) is 4.79 Å². The molecule has 0 aliphatic rings. The zero-order valence-corrected chi connectivity index (χ0v) is 12.5. The van der Waals surface area contributed by atoms with Crippen LogP contribution in [-0.2, 0) is 14.3 Å². The summed E-state index contributed by atoms with van der Waals surface area (Å²) >= 11 is 1.28. The van der Waals surface area contributed by atoms with Crippen molar-refractivity contribution in [1.82, 2.24) is 10.6 Å². The van der Waals surface area contributed by atoms with Gasteiger partial charge < -0.3 is 14.8 Å². The summed E-state index contributed by atoms with van der Waals surface area (Å²) in [7, 11) is 2.95. The van der Waals surface area contributed by atoms with Gasteiger partial charge in [0.15, 0.2) is 6.61 Å². The van der Waals surface area contributed by atoms with Crippen LogP contribution in [-0.4, -0.2) is 44.4 Å². The quantitative estimate of drug-likeness (QED) is 0.596. The molecule has 7 nitrogen and oxygen atoms in total. The number of hydrogen-bond donors (Lipinski definition) is 2. The van der Waals surface area contributed by atoms with E-state index in [1.54, 1.807) is 19.2 Å². The van der Waals surface area contributed by atoms with Crippen molar-refractivity contribution in [3.05, 3.63) is 24.3 Å². The molecule has 114 valence electrons. The van der Waals surface area contributed by atoms with Gasteiger partial charge in [-0.3, -0.25) is 14.9 Å². The molecule has 0 saturated carbocycles. The zero-order chi connectivity index (χ0) is 15.7. The third kappa shape index (κ3) is 6.66. The van der Waals surface area contributed by atoms with Gasteiger partial charge in [-0.1, -0.05) is 0 Å². The molecule has 0 aliphatic heterocycles. The average molecular weight is 312 g/mol. The molecular weight excluding hydrogens is 296 g/mol. The van der Waals surface area contributed by atoms with Crippen LogP contribution in [0.1, 0.15) is 0 Å². The number of ether oxygens (including phenoxy) is 2. The number of carbonyl (C=O) groups excluding carboxylic acids is 3. The fourth-order valence-corrected chi connectivity index (χ4v) is 1.92. The van der Waals surface area contributed by atoms with Gasteiger partial charge in [0.05, 0.1) is 12.9 Å². The number of imide groups is 1. The number of benzene rings is 1. The summed E-state index contributed by atoms with van der Waals surface area (Å²) in [6, 6.07) is 6.54. The topological polar surface area (TPSA) is 93.7 Å². The van der Waals surface area contributed by atoms with E-state index in [-0.39, 0.29) is 5.75 Å². The molecule has 1 aromatic rings. The molecule has 0 unspecified atom stereocenters. The van der Waals surface area contributed by atoms with E-state index in [1.165, 1.54) is 18.8 Å². The van der Waals surface area contributed by atoms with Gasteiger partial charge in [0, 0.05) is 11.9 Å². The van der Waals surface area contributed by atoms with E-state index in [0.29, 0.717) is 0 Å². The van der Waals surface area contributed by atoms with E-state index in [0.717, 1.165) is 10.6 Å². The molecule has 0 aromatic heterocycles. The number of urea groups is 1. The molecule has 1 aromatic carbocycles. The second-order valence-electron chi connectivity index (χ2n) is 3.75. The van der Waals surface area contributed by atoms with Gasteiger partial charge >= 0.3 is 12.0 Å². The summed E-state index contributed by atoms with van der Waals surface area (Å²) in [5.41, 5.74) is 0. The summed E-state index contributed by atoms with van der Waals surface area (Å²) in [6.07, 6.45) is 0. The fourth-order valence-electron chi connectivity index (χ4n) is 1.23. The highest BCUT2D eigenvalue weighted by atomic mass is 32.2. The average Bonchev–Trinajstić information content (AvgIpc) is 2.51. The minimum absolute atomic E-state index is 0.0690. The summed E-state index contributed by atoms with van der Waals surface area (Å²) in [5.74, 6) is -0.424. The lowest BCUT2D eigenvalue weighted by Crippen LogP contribution is -2.39. The molecule has 1 rings (SSSR count). The van der Waals surface area contributed by atoms with Crippen molar-refractivity contribution in [3.8, 4) is 5.75 Å². The van der Waals surface area contributed by atoms with Gasteiger partial charge in [0.2, 0.25) is 0 Å². The lowest BCUT2D eigenvalue weighted by atomic mass is 10.3. The van der Waals surface area contributed by atoms with E-state index in [2.05, 4.69) is 5.32 Å². The molecular formula is C13H16N2O5S. The maximum Gasteiger partial charge on any atom is 0.321 e. The Balaban J connectivity index is 2.27. The number of thioether (sulfide) groups is 1. The number of amides is 3. The van der Waals surface area contributed by atoms with Gasteiger partial charge in [-0.15, -0.1) is 11.8 Å². The SMILES string of the molecule is CNC(=O)NC(=O)COC(=O)CSc1ccc(OC)cc1. The molecule has 3 amide bonds. The highest BCUT2D eigenvalue weighted by Crippen LogP contribution is 2.21. The van der Waals surface area contributed by atoms with Crippen LogP contribution in [0.3, 0.4) is 0 Å². The van der Waals surface area contributed by atoms with Crippen molar-refractivity contribution < 1.29 is 23.9 Å². The van der Waals surface area contributed by atoms with Gasteiger partial charge in [-0.05, 0) is 24.3 Å². The summed E-state index contributed by atoms with van der Waals surface area (Å²) in [5, 5.41) is 4.20. The van der Waals surface area contributed by atoms with Crippen molar-refractivity contribution >= 4 is 29.7 Å². The Morgan fingerprint density at radius 1 is 1.19 bits per heavy atom. The van der Waals surface area contributed by atoms with E-state index >= 15 is 0 Å². The molecule has 0 bridgehead atoms. The van der Waals surface area contributed by atoms with Crippen LogP contribution in [0.5, 0.6) is 5.75 Å². The predicted octanol–water partition coefficient (Wildman–Crippen LogP) is 0.786. The second-order valence-corrected chi connectivity index (χ2v) is 4.80. The lowest BCUT2D eigenvalue weighted by Gasteiger charge is -2.06. The van der Waals surface area contributed by atoms with Crippen molar-refractivity contribution in [2.24, 2.45) is 0 Å². The number of hydrogen-bond acceptors (Lipinski definition) is 6. The Kier molecular flexibility index (Phi) is 7.10. The van der Waals surface area contributed by atoms with Crippen LogP contribution in [0, 0.1) is 0 Å². The van der Waals surface area contributed by atoms with Crippen molar-refractivity contribution in [1.29, 1.82) is 0 Å². The Hall–Kier alpha value is -2.22. The molecule has 0 aliphatic carbocycles. The van der Waals surface area contributed by atoms with Crippen LogP contribution in [0.25, 0.3) is 0 Å². The number of nitrogens with one attached hydrogen (secondary N) is 2. The van der Waals surface area contributed by atoms with Gasteiger partial charge in [0.1, 0.15) is 5.75 Å². The predicted molar refractivity (Wildman–Crippen MR) is 77.3 cm³/mol. The Morgan fingerprint density at radius 2 is 1.86 bits per heavy atom. The van der Waals surface area contributed by atoms with Crippen LogP contribution in [0.15, 0.2) is 29.2 Å². The zero-order valence-electron chi connectivity index (χ0n) is 11.7. The highest BCUT2D eigenvalue weighted by Gasteiger charge is 2.10. The maximum absolute atomic E-state index is 11.5. The molecule has 21 heavy (non-hydrogen) atoms. The van der Waals surface area contributed by atoms with Crippen molar-refractivity contribution in [3.63, 3.8) is 0 Å². The minimum atomic E-state index is -0.683. The molecule has 0 fully saturated rings. The lowest BCUT2D eigenvalue weighted by molar-refractivity contribution is -0.145. The first-order valence-electron chi connectivity index (χ1n) is 5.99. The molecule has 8 heteroatoms. The fraction of sp³-hybridized carbons (Fsp3) is 0.308. The second kappa shape index (κ2) is 8.85. The molecule has 0 saturated heterocycles. The van der Waals surface area contributed by atoms with E-state index in [4.69, 9.17) is 9.47 Å². The minimum Gasteiger partial charge on any atom is -0.497 e.